The number of nitrogens with one attached hydrogen (secondary N) is 2. The van der Waals surface area contributed by atoms with Crippen LogP contribution in [0.4, 0.5) is 42.5 Å². The molecule has 3 rings (SSSR count). The number of rotatable bonds is 9. The maximum absolute atomic E-state index is 12.8. The number of anilines is 2. The number of halogens is 6. The third-order valence-corrected chi connectivity index (χ3v) is 5.47. The highest BCUT2D eigenvalue weighted by Crippen LogP contribution is 2.38. The predicted molar refractivity (Wildman–Crippen MR) is 138 cm³/mol. The molecule has 6 nitrogen and oxygen atoms in total. The molecular weight excluding hydrogens is 542 g/mol. The Labute approximate surface area is 225 Å². The Morgan fingerprint density at radius 2 is 1.62 bits per heavy atom. The fourth-order valence-electron chi connectivity index (χ4n) is 3.69. The lowest BCUT2D eigenvalue weighted by Gasteiger charge is -2.19. The average molecular weight is 566 g/mol. The molecule has 3 aromatic carbocycles. The van der Waals surface area contributed by atoms with Crippen molar-refractivity contribution in [3.05, 3.63) is 89.5 Å². The summed E-state index contributed by atoms with van der Waals surface area (Å²) in [4.78, 5) is 24.6. The SMILES string of the molecule is Cc1ccc(NC(=O)Nc2cc(-c3ccccc3C(=O)O)cc(C/C=C/C(F)(F)F)c2OCCC(F)(F)F)cc1. The molecule has 212 valence electrons. The van der Waals surface area contributed by atoms with Gasteiger partial charge in [-0.1, -0.05) is 42.0 Å². The topological polar surface area (TPSA) is 87.7 Å². The van der Waals surface area contributed by atoms with Gasteiger partial charge in [0.05, 0.1) is 24.3 Å². The van der Waals surface area contributed by atoms with Crippen LogP contribution in [0.5, 0.6) is 5.75 Å². The van der Waals surface area contributed by atoms with E-state index in [1.807, 2.05) is 6.92 Å². The van der Waals surface area contributed by atoms with E-state index in [4.69, 9.17) is 4.74 Å². The van der Waals surface area contributed by atoms with Crippen LogP contribution in [-0.4, -0.2) is 36.1 Å². The zero-order chi connectivity index (χ0) is 29.5. The van der Waals surface area contributed by atoms with Gasteiger partial charge >= 0.3 is 24.4 Å². The van der Waals surface area contributed by atoms with E-state index in [1.165, 1.54) is 36.4 Å². The molecule has 0 spiro atoms. The summed E-state index contributed by atoms with van der Waals surface area (Å²) in [5.41, 5.74) is 1.35. The van der Waals surface area contributed by atoms with Crippen molar-refractivity contribution in [1.82, 2.24) is 0 Å². The number of allylic oxidation sites excluding steroid dienone is 2. The molecule has 0 aliphatic rings. The third-order valence-electron chi connectivity index (χ3n) is 5.47. The van der Waals surface area contributed by atoms with E-state index in [-0.39, 0.29) is 39.8 Å². The van der Waals surface area contributed by atoms with Gasteiger partial charge in [0, 0.05) is 17.3 Å². The number of aryl methyl sites for hydroxylation is 1. The van der Waals surface area contributed by atoms with Gasteiger partial charge in [0.15, 0.2) is 0 Å². The number of carboxylic acid groups (broad SMARTS) is 1. The van der Waals surface area contributed by atoms with Crippen LogP contribution in [0.15, 0.2) is 72.8 Å². The van der Waals surface area contributed by atoms with Gasteiger partial charge in [0.2, 0.25) is 0 Å². The molecule has 2 amide bonds. The molecule has 0 bridgehead atoms. The second-order valence-corrected chi connectivity index (χ2v) is 8.67. The summed E-state index contributed by atoms with van der Waals surface area (Å²) in [5.74, 6) is -1.57. The molecule has 40 heavy (non-hydrogen) atoms. The van der Waals surface area contributed by atoms with Crippen molar-refractivity contribution in [1.29, 1.82) is 0 Å². The summed E-state index contributed by atoms with van der Waals surface area (Å²) in [6.07, 6.45) is -10.3. The molecule has 0 saturated carbocycles. The van der Waals surface area contributed by atoms with Crippen LogP contribution in [0.25, 0.3) is 11.1 Å². The van der Waals surface area contributed by atoms with E-state index in [0.29, 0.717) is 5.69 Å². The van der Waals surface area contributed by atoms with E-state index >= 15 is 0 Å². The molecule has 0 fully saturated rings. The number of aromatic carboxylic acids is 1. The summed E-state index contributed by atoms with van der Waals surface area (Å²) in [7, 11) is 0. The van der Waals surface area contributed by atoms with Crippen molar-refractivity contribution in [2.75, 3.05) is 17.2 Å². The lowest BCUT2D eigenvalue weighted by Crippen LogP contribution is -2.21. The van der Waals surface area contributed by atoms with Gasteiger partial charge in [0.1, 0.15) is 5.75 Å². The minimum atomic E-state index is -4.65. The number of alkyl halides is 6. The Bertz CT molecular complexity index is 1380. The van der Waals surface area contributed by atoms with Gasteiger partial charge in [-0.3, -0.25) is 0 Å². The minimum absolute atomic E-state index is 0.00833. The minimum Gasteiger partial charge on any atom is -0.491 e. The quantitative estimate of drug-likeness (QED) is 0.181. The van der Waals surface area contributed by atoms with E-state index in [0.717, 1.165) is 11.6 Å². The molecule has 3 N–H and O–H groups in total. The molecular formula is C28H24F6N2O4. The molecule has 3 aromatic rings. The zero-order valence-electron chi connectivity index (χ0n) is 21.0. The van der Waals surface area contributed by atoms with Crippen LogP contribution < -0.4 is 15.4 Å². The van der Waals surface area contributed by atoms with E-state index in [1.54, 1.807) is 24.3 Å². The summed E-state index contributed by atoms with van der Waals surface area (Å²) in [6, 6.07) is 14.3. The van der Waals surface area contributed by atoms with Crippen molar-refractivity contribution in [2.45, 2.75) is 32.1 Å². The summed E-state index contributed by atoms with van der Waals surface area (Å²) in [5, 5.41) is 14.7. The van der Waals surface area contributed by atoms with E-state index in [2.05, 4.69) is 10.6 Å². The Morgan fingerprint density at radius 1 is 0.950 bits per heavy atom. The smallest absolute Gasteiger partial charge is 0.409 e. The monoisotopic (exact) mass is 566 g/mol. The first kappa shape index (κ1) is 30.1. The van der Waals surface area contributed by atoms with Crippen LogP contribution >= 0.6 is 0 Å². The standard InChI is InChI=1S/C28H24F6N2O4/c1-17-8-10-20(11-9-17)35-26(39)36-23-16-19(21-6-2-3-7-22(21)25(37)38)15-18(5-4-12-27(29,30)31)24(23)40-14-13-28(32,33)34/h2-4,6-12,15-16H,5,13-14H2,1H3,(H,37,38)(H2,35,36,39)/b12-4+. The number of hydrogen-bond acceptors (Lipinski definition) is 3. The van der Waals surface area contributed by atoms with Gasteiger partial charge < -0.3 is 20.5 Å². The second-order valence-electron chi connectivity index (χ2n) is 8.67. The van der Waals surface area contributed by atoms with Crippen LogP contribution in [0, 0.1) is 6.92 Å². The van der Waals surface area contributed by atoms with Crippen molar-refractivity contribution in [3.8, 4) is 16.9 Å². The Balaban J connectivity index is 2.11. The fourth-order valence-corrected chi connectivity index (χ4v) is 3.69. The van der Waals surface area contributed by atoms with Gasteiger partial charge in [-0.2, -0.15) is 26.3 Å². The average Bonchev–Trinajstić information content (AvgIpc) is 2.85. The van der Waals surface area contributed by atoms with Gasteiger partial charge in [-0.05, 0) is 54.8 Å². The molecule has 12 heteroatoms. The summed E-state index contributed by atoms with van der Waals surface area (Å²) >= 11 is 0. The van der Waals surface area contributed by atoms with Crippen LogP contribution in [0.3, 0.4) is 0 Å². The van der Waals surface area contributed by atoms with Crippen LogP contribution in [0.2, 0.25) is 0 Å². The van der Waals surface area contributed by atoms with E-state index < -0.39 is 43.8 Å². The highest BCUT2D eigenvalue weighted by atomic mass is 19.4. The molecule has 0 saturated heterocycles. The normalized spacial score (nSPS) is 11.9. The van der Waals surface area contributed by atoms with E-state index in [9.17, 15) is 41.0 Å². The molecule has 0 radical (unpaired) electrons. The highest BCUT2D eigenvalue weighted by Gasteiger charge is 2.28. The maximum Gasteiger partial charge on any atom is 0.409 e. The first-order chi connectivity index (χ1) is 18.7. The van der Waals surface area contributed by atoms with Crippen molar-refractivity contribution in [3.63, 3.8) is 0 Å². The van der Waals surface area contributed by atoms with Crippen LogP contribution in [-0.2, 0) is 6.42 Å². The van der Waals surface area contributed by atoms with Gasteiger partial charge in [-0.25, -0.2) is 9.59 Å². The summed E-state index contributed by atoms with van der Waals surface area (Å²) in [6.45, 7) is 0.961. The third kappa shape index (κ3) is 9.07. The molecule has 0 aromatic heterocycles. The molecule has 0 unspecified atom stereocenters. The molecule has 0 atom stereocenters. The first-order valence-electron chi connectivity index (χ1n) is 11.8. The number of carbonyl (C=O) groups is 2. The Morgan fingerprint density at radius 3 is 2.25 bits per heavy atom. The maximum atomic E-state index is 12.8. The largest absolute Gasteiger partial charge is 0.491 e. The van der Waals surface area contributed by atoms with Gasteiger partial charge in [-0.15, -0.1) is 0 Å². The van der Waals surface area contributed by atoms with Crippen molar-refractivity contribution < 1.29 is 45.8 Å². The lowest BCUT2D eigenvalue weighted by molar-refractivity contribution is -0.139. The number of benzene rings is 3. The number of urea groups is 1. The number of amides is 2. The number of ether oxygens (including phenoxy) is 1. The Hall–Kier alpha value is -4.48. The van der Waals surface area contributed by atoms with Crippen molar-refractivity contribution >= 4 is 23.4 Å². The second kappa shape index (κ2) is 12.6. The Kier molecular flexibility index (Phi) is 9.46. The predicted octanol–water partition coefficient (Wildman–Crippen LogP) is 8.00. The lowest BCUT2D eigenvalue weighted by atomic mass is 9.95. The molecule has 0 heterocycles. The number of carbonyl (C=O) groups excluding carboxylic acids is 1. The summed E-state index contributed by atoms with van der Waals surface area (Å²) < 4.78 is 82.2. The van der Waals surface area contributed by atoms with Crippen molar-refractivity contribution in [2.24, 2.45) is 0 Å². The number of carboxylic acids is 1. The van der Waals surface area contributed by atoms with Crippen LogP contribution in [0.1, 0.15) is 27.9 Å². The highest BCUT2D eigenvalue weighted by molar-refractivity contribution is 6.02. The number of hydrogen-bond donors (Lipinski definition) is 3. The molecule has 0 aliphatic carbocycles. The van der Waals surface area contributed by atoms with Gasteiger partial charge in [0.25, 0.3) is 0 Å². The fraction of sp³-hybridized carbons (Fsp3) is 0.214. The molecule has 0 aliphatic heterocycles. The zero-order valence-corrected chi connectivity index (χ0v) is 21.0. The first-order valence-corrected chi connectivity index (χ1v) is 11.8.